The Kier molecular flexibility index (Phi) is 65.8. The van der Waals surface area contributed by atoms with E-state index in [1.54, 1.807) is 0 Å². The van der Waals surface area contributed by atoms with Crippen LogP contribution < -0.4 is 23.6 Å². The number of nitrogens with one attached hydrogen (secondary N) is 1. The number of aliphatic carboxylic acids is 4. The molecule has 3 atom stereocenters. The van der Waals surface area contributed by atoms with Crippen LogP contribution in [0.2, 0.25) is 0 Å². The van der Waals surface area contributed by atoms with Crippen LogP contribution in [0.1, 0.15) is 203 Å². The second-order valence-electron chi connectivity index (χ2n) is 14.1. The van der Waals surface area contributed by atoms with Crippen LogP contribution in [-0.2, 0) is 51.9 Å². The van der Waals surface area contributed by atoms with Crippen molar-refractivity contribution in [1.29, 1.82) is 0 Å². The van der Waals surface area contributed by atoms with Gasteiger partial charge in [-0.3, -0.25) is 43.7 Å². The molecule has 0 rings (SSSR count). The van der Waals surface area contributed by atoms with Crippen molar-refractivity contribution in [3.05, 3.63) is 0 Å². The number of nitrogens with two attached hydrogens (primary N) is 1. The monoisotopic (exact) mass is 925 g/mol. The summed E-state index contributed by atoms with van der Waals surface area (Å²) in [4.78, 5) is 70.7. The molecule has 62 heavy (non-hydrogen) atoms. The number of carbonyl (C=O) groups is 6. The molecular formula is C41H89N4O16P. The van der Waals surface area contributed by atoms with Crippen molar-refractivity contribution >= 4 is 43.6 Å². The average molecular weight is 925 g/mol. The molecule has 0 aliphatic carbocycles. The number of hydrogen-bond acceptors (Lipinski definition) is 15. The first-order valence-corrected chi connectivity index (χ1v) is 22.9. The third kappa shape index (κ3) is 88.1. The lowest BCUT2D eigenvalue weighted by Crippen LogP contribution is -2.34. The van der Waals surface area contributed by atoms with Gasteiger partial charge in [-0.05, 0) is 19.8 Å². The van der Waals surface area contributed by atoms with Gasteiger partial charge in [0.05, 0.1) is 6.61 Å². The molecule has 21 heteroatoms. The van der Waals surface area contributed by atoms with Crippen LogP contribution in [0.5, 0.6) is 0 Å². The molecule has 0 saturated heterocycles. The predicted molar refractivity (Wildman–Crippen MR) is 240 cm³/mol. The quantitative estimate of drug-likeness (QED) is 0.00738. The molecule has 0 radical (unpaired) electrons. The third-order valence-corrected chi connectivity index (χ3v) is 8.70. The first kappa shape index (κ1) is 73.2. The van der Waals surface area contributed by atoms with Gasteiger partial charge in [0.25, 0.3) is 23.9 Å². The number of hydrogen-bond donors (Lipinski definition) is 9. The zero-order chi connectivity index (χ0) is 47.0. The zero-order valence-electron chi connectivity index (χ0n) is 39.2. The van der Waals surface area contributed by atoms with E-state index in [9.17, 15) is 19.0 Å². The summed E-state index contributed by atoms with van der Waals surface area (Å²) in [5, 5.41) is 29.7. The van der Waals surface area contributed by atoms with E-state index in [1.807, 2.05) is 0 Å². The molecule has 0 aliphatic heterocycles. The van der Waals surface area contributed by atoms with E-state index in [4.69, 9.17) is 64.0 Å². The molecule has 0 aliphatic rings. The molecule has 0 amide bonds. The SMILES string of the molecule is CC(=O)O.CC(=O)O.CC(=O)O.CC(=O)O.CCCCCCCCCCCCCC(=O)OC[C@H](COP(=O)(O)OC(C)NN)OC(=O)CCCCCCCCCCCCC.N.N. The van der Waals surface area contributed by atoms with Crippen LogP contribution in [0.3, 0.4) is 0 Å². The van der Waals surface area contributed by atoms with Gasteiger partial charge < -0.3 is 47.1 Å². The highest BCUT2D eigenvalue weighted by Gasteiger charge is 2.28. The van der Waals surface area contributed by atoms with Gasteiger partial charge in [0.2, 0.25) is 0 Å². The van der Waals surface area contributed by atoms with Crippen molar-refractivity contribution in [3.8, 4) is 0 Å². The maximum atomic E-state index is 12.5. The average Bonchev–Trinajstić information content (AvgIpc) is 3.12. The molecule has 0 bridgehead atoms. The second kappa shape index (κ2) is 55.8. The number of carboxylic acids is 4. The maximum absolute atomic E-state index is 12.5. The summed E-state index contributed by atoms with van der Waals surface area (Å²) >= 11 is 0. The fraction of sp³-hybridized carbons (Fsp3) is 0.854. The lowest BCUT2D eigenvalue weighted by molar-refractivity contribution is -0.161. The number of carboxylic acid groups (broad SMARTS) is 4. The van der Waals surface area contributed by atoms with Gasteiger partial charge >= 0.3 is 19.8 Å². The Balaban J connectivity index is -0.000000286. The number of esters is 2. The molecule has 0 saturated carbocycles. The number of ether oxygens (including phenoxy) is 2. The number of rotatable bonds is 33. The first-order valence-electron chi connectivity index (χ1n) is 21.4. The van der Waals surface area contributed by atoms with Crippen LogP contribution in [0.4, 0.5) is 0 Å². The van der Waals surface area contributed by atoms with E-state index >= 15 is 0 Å². The zero-order valence-corrected chi connectivity index (χ0v) is 40.1. The molecule has 2 unspecified atom stereocenters. The van der Waals surface area contributed by atoms with Gasteiger partial charge in [-0.1, -0.05) is 142 Å². The number of carbonyl (C=O) groups excluding carboxylic acids is 2. The topological polar surface area (TPSA) is 366 Å². The van der Waals surface area contributed by atoms with Gasteiger partial charge in [-0.2, -0.15) is 0 Å². The minimum atomic E-state index is -4.47. The molecule has 0 aromatic heterocycles. The molecule has 0 aromatic carbocycles. The molecule has 0 heterocycles. The maximum Gasteiger partial charge on any atom is 0.473 e. The van der Waals surface area contributed by atoms with Crippen molar-refractivity contribution in [2.75, 3.05) is 13.2 Å². The Hall–Kier alpha value is -3.23. The molecular weight excluding hydrogens is 835 g/mol. The van der Waals surface area contributed by atoms with Gasteiger partial charge in [-0.25, -0.2) is 9.99 Å². The van der Waals surface area contributed by atoms with E-state index in [0.29, 0.717) is 6.42 Å². The largest absolute Gasteiger partial charge is 0.481 e. The van der Waals surface area contributed by atoms with E-state index < -0.39 is 62.6 Å². The first-order chi connectivity index (χ1) is 28.2. The molecule has 374 valence electrons. The molecule has 20 nitrogen and oxygen atoms in total. The number of phosphoric ester groups is 1. The molecule has 0 aromatic rings. The molecule has 0 fully saturated rings. The molecule has 14 N–H and O–H groups in total. The van der Waals surface area contributed by atoms with E-state index in [2.05, 4.69) is 19.3 Å². The van der Waals surface area contributed by atoms with Crippen molar-refractivity contribution in [3.63, 3.8) is 0 Å². The predicted octanol–water partition coefficient (Wildman–Crippen LogP) is 9.47. The number of phosphoric acid groups is 1. The number of unbranched alkanes of at least 4 members (excludes halogenated alkanes) is 20. The van der Waals surface area contributed by atoms with Crippen LogP contribution >= 0.6 is 7.82 Å². The van der Waals surface area contributed by atoms with Crippen LogP contribution in [0, 0.1) is 0 Å². The summed E-state index contributed by atoms with van der Waals surface area (Å²) in [6, 6.07) is 0. The van der Waals surface area contributed by atoms with Crippen LogP contribution in [0.25, 0.3) is 0 Å². The van der Waals surface area contributed by atoms with Crippen LogP contribution in [0.15, 0.2) is 0 Å². The highest BCUT2D eigenvalue weighted by atomic mass is 31.2. The Morgan fingerprint density at radius 2 is 0.806 bits per heavy atom. The second-order valence-corrected chi connectivity index (χ2v) is 15.5. The Morgan fingerprint density at radius 1 is 0.532 bits per heavy atom. The lowest BCUT2D eigenvalue weighted by Gasteiger charge is -2.21. The fourth-order valence-electron chi connectivity index (χ4n) is 4.92. The minimum absolute atomic E-state index is 0. The lowest BCUT2D eigenvalue weighted by atomic mass is 10.1. The van der Waals surface area contributed by atoms with E-state index in [1.165, 1.54) is 103 Å². The van der Waals surface area contributed by atoms with Crippen molar-refractivity contribution in [2.24, 2.45) is 5.84 Å². The highest BCUT2D eigenvalue weighted by molar-refractivity contribution is 7.47. The van der Waals surface area contributed by atoms with Gasteiger partial charge in [0.1, 0.15) is 12.8 Å². The Labute approximate surface area is 371 Å². The summed E-state index contributed by atoms with van der Waals surface area (Å²) in [7, 11) is -4.47. The smallest absolute Gasteiger partial charge is 0.473 e. The summed E-state index contributed by atoms with van der Waals surface area (Å²) in [5.74, 6) is 1.02. The standard InChI is InChI=1S/C33H67N2O8P.4C2H4O2.2H3N/c1-4-6-8-10-12-14-16-18-20-22-24-26-32(36)40-28-31(29-41-44(38,39)43-30(3)35-34)42-33(37)27-25-23-21-19-17-15-13-11-9-7-5-2;4*1-2(3)4;;/h30-31,35H,4-29,34H2,1-3H3,(H,38,39);4*1H3,(H,3,4);2*1H3/t30?,31-;;;;;;/m1....../s1. The summed E-state index contributed by atoms with van der Waals surface area (Å²) in [6.07, 6.45) is 24.5. The highest BCUT2D eigenvalue weighted by Crippen LogP contribution is 2.44. The normalized spacial score (nSPS) is 11.7. The van der Waals surface area contributed by atoms with Gasteiger partial charge in [0.15, 0.2) is 6.10 Å². The van der Waals surface area contributed by atoms with Gasteiger partial charge in [0, 0.05) is 40.5 Å². The number of hydrazine groups is 1. The van der Waals surface area contributed by atoms with Gasteiger partial charge in [-0.15, -0.1) is 0 Å². The van der Waals surface area contributed by atoms with Crippen molar-refractivity contribution in [2.45, 2.75) is 215 Å². The van der Waals surface area contributed by atoms with E-state index in [-0.39, 0.29) is 31.7 Å². The molecule has 0 spiro atoms. The third-order valence-electron chi connectivity index (χ3n) is 7.65. The van der Waals surface area contributed by atoms with E-state index in [0.717, 1.165) is 66.2 Å². The minimum Gasteiger partial charge on any atom is -0.481 e. The summed E-state index contributed by atoms with van der Waals surface area (Å²) < 4.78 is 32.8. The fourth-order valence-corrected chi connectivity index (χ4v) is 5.80. The van der Waals surface area contributed by atoms with Crippen LogP contribution in [-0.4, -0.2) is 86.7 Å². The Bertz CT molecular complexity index is 1040. The summed E-state index contributed by atoms with van der Waals surface area (Å²) in [5.41, 5.74) is 2.19. The summed E-state index contributed by atoms with van der Waals surface area (Å²) in [6.45, 7) is 9.51. The van der Waals surface area contributed by atoms with Crippen molar-refractivity contribution in [1.82, 2.24) is 17.7 Å². The van der Waals surface area contributed by atoms with Crippen molar-refractivity contribution < 1.29 is 77.2 Å². The Morgan fingerprint density at radius 3 is 1.10 bits per heavy atom.